The van der Waals surface area contributed by atoms with Crippen LogP contribution in [-0.4, -0.2) is 42.8 Å². The van der Waals surface area contributed by atoms with Crippen molar-refractivity contribution in [3.05, 3.63) is 54.1 Å². The van der Waals surface area contributed by atoms with E-state index in [2.05, 4.69) is 5.32 Å². The van der Waals surface area contributed by atoms with Crippen molar-refractivity contribution in [2.75, 3.05) is 43.0 Å². The van der Waals surface area contributed by atoms with Crippen LogP contribution in [-0.2, 0) is 6.18 Å². The summed E-state index contributed by atoms with van der Waals surface area (Å²) in [6, 6.07) is 13.0. The first kappa shape index (κ1) is 20.3. The first-order chi connectivity index (χ1) is 13.4. The van der Waals surface area contributed by atoms with Gasteiger partial charge < -0.3 is 19.9 Å². The van der Waals surface area contributed by atoms with Gasteiger partial charge in [0.2, 0.25) is 0 Å². The molecule has 0 saturated carbocycles. The summed E-state index contributed by atoms with van der Waals surface area (Å²) in [5, 5.41) is 3.79. The van der Waals surface area contributed by atoms with Crippen LogP contribution in [0.4, 0.5) is 24.5 Å². The minimum atomic E-state index is -4.34. The van der Waals surface area contributed by atoms with Crippen LogP contribution < -0.4 is 15.0 Å². The number of anilines is 2. The van der Waals surface area contributed by atoms with Gasteiger partial charge in [0.25, 0.3) is 0 Å². The lowest BCUT2D eigenvalue weighted by molar-refractivity contribution is -0.137. The van der Waals surface area contributed by atoms with Crippen LogP contribution in [0, 0.1) is 0 Å². The number of para-hydroxylation sites is 2. The summed E-state index contributed by atoms with van der Waals surface area (Å²) < 4.78 is 44.4. The third kappa shape index (κ3) is 4.86. The third-order valence-electron chi connectivity index (χ3n) is 4.53. The van der Waals surface area contributed by atoms with E-state index in [-0.39, 0.29) is 0 Å². The standard InChI is InChI=1S/C20H22F3N3OS/c1-2-27-18-9-4-3-8-17(18)24-19(28)26-12-10-25(11-13-26)16-7-5-6-15(14-16)20(21,22)23/h3-9,14H,2,10-13H2,1H3,(H,24,28). The zero-order chi connectivity index (χ0) is 20.1. The molecule has 1 heterocycles. The number of rotatable bonds is 4. The van der Waals surface area contributed by atoms with Crippen LogP contribution >= 0.6 is 12.2 Å². The molecule has 1 aliphatic heterocycles. The highest BCUT2D eigenvalue weighted by Crippen LogP contribution is 2.32. The molecule has 1 saturated heterocycles. The number of benzene rings is 2. The van der Waals surface area contributed by atoms with Crippen LogP contribution in [0.15, 0.2) is 48.5 Å². The van der Waals surface area contributed by atoms with Gasteiger partial charge in [-0.25, -0.2) is 0 Å². The lowest BCUT2D eigenvalue weighted by Crippen LogP contribution is -2.50. The van der Waals surface area contributed by atoms with E-state index in [1.807, 2.05) is 41.0 Å². The van der Waals surface area contributed by atoms with Crippen LogP contribution in [0.2, 0.25) is 0 Å². The Bertz CT molecular complexity index is 820. The van der Waals surface area contributed by atoms with Crippen molar-refractivity contribution in [2.24, 2.45) is 0 Å². The number of nitrogens with one attached hydrogen (secondary N) is 1. The van der Waals surface area contributed by atoms with E-state index >= 15 is 0 Å². The second kappa shape index (κ2) is 8.68. The van der Waals surface area contributed by atoms with Gasteiger partial charge in [-0.3, -0.25) is 0 Å². The highest BCUT2D eigenvalue weighted by molar-refractivity contribution is 7.80. The Morgan fingerprint density at radius 1 is 1.07 bits per heavy atom. The number of piperazine rings is 1. The molecule has 4 nitrogen and oxygen atoms in total. The second-order valence-corrected chi connectivity index (χ2v) is 6.77. The van der Waals surface area contributed by atoms with Gasteiger partial charge in [0.1, 0.15) is 5.75 Å². The Labute approximate surface area is 167 Å². The van der Waals surface area contributed by atoms with Crippen molar-refractivity contribution in [3.63, 3.8) is 0 Å². The highest BCUT2D eigenvalue weighted by Gasteiger charge is 2.31. The summed E-state index contributed by atoms with van der Waals surface area (Å²) in [6.07, 6.45) is -4.34. The van der Waals surface area contributed by atoms with Crippen LogP contribution in [0.5, 0.6) is 5.75 Å². The van der Waals surface area contributed by atoms with Crippen LogP contribution in [0.3, 0.4) is 0 Å². The predicted molar refractivity (Wildman–Crippen MR) is 109 cm³/mol. The van der Waals surface area contributed by atoms with Gasteiger partial charge in [0.05, 0.1) is 17.9 Å². The minimum Gasteiger partial charge on any atom is -0.492 e. The molecule has 2 aromatic carbocycles. The van der Waals surface area contributed by atoms with E-state index in [0.29, 0.717) is 43.6 Å². The molecule has 1 aliphatic rings. The fourth-order valence-electron chi connectivity index (χ4n) is 3.09. The quantitative estimate of drug-likeness (QED) is 0.744. The van der Waals surface area contributed by atoms with Crippen molar-refractivity contribution in [1.29, 1.82) is 0 Å². The predicted octanol–water partition coefficient (Wildman–Crippen LogP) is 4.62. The molecule has 0 spiro atoms. The van der Waals surface area contributed by atoms with Crippen LogP contribution in [0.1, 0.15) is 12.5 Å². The van der Waals surface area contributed by atoms with Gasteiger partial charge in [-0.1, -0.05) is 18.2 Å². The molecule has 2 aromatic rings. The molecule has 150 valence electrons. The summed E-state index contributed by atoms with van der Waals surface area (Å²) in [7, 11) is 0. The van der Waals surface area contributed by atoms with Gasteiger partial charge in [0.15, 0.2) is 5.11 Å². The Morgan fingerprint density at radius 3 is 2.46 bits per heavy atom. The molecule has 0 radical (unpaired) electrons. The van der Waals surface area contributed by atoms with E-state index in [4.69, 9.17) is 17.0 Å². The van der Waals surface area contributed by atoms with E-state index in [1.165, 1.54) is 12.1 Å². The maximum atomic E-state index is 12.9. The van der Waals surface area contributed by atoms with Gasteiger partial charge in [0, 0.05) is 31.9 Å². The number of halogens is 3. The summed E-state index contributed by atoms with van der Waals surface area (Å²) >= 11 is 5.52. The van der Waals surface area contributed by atoms with E-state index in [1.54, 1.807) is 6.07 Å². The monoisotopic (exact) mass is 409 g/mol. The van der Waals surface area contributed by atoms with Gasteiger partial charge in [-0.2, -0.15) is 13.2 Å². The maximum Gasteiger partial charge on any atom is 0.416 e. The molecule has 1 N–H and O–H groups in total. The third-order valence-corrected chi connectivity index (χ3v) is 4.89. The Morgan fingerprint density at radius 2 is 1.79 bits per heavy atom. The zero-order valence-electron chi connectivity index (χ0n) is 15.5. The number of hydrogen-bond acceptors (Lipinski definition) is 3. The average Bonchev–Trinajstić information content (AvgIpc) is 2.69. The molecule has 0 unspecified atom stereocenters. The van der Waals surface area contributed by atoms with Gasteiger partial charge >= 0.3 is 6.18 Å². The topological polar surface area (TPSA) is 27.7 Å². The number of ether oxygens (including phenoxy) is 1. The van der Waals surface area contributed by atoms with E-state index in [9.17, 15) is 13.2 Å². The number of hydrogen-bond donors (Lipinski definition) is 1. The summed E-state index contributed by atoms with van der Waals surface area (Å²) in [5.41, 5.74) is 0.752. The fraction of sp³-hybridized carbons (Fsp3) is 0.350. The SMILES string of the molecule is CCOc1ccccc1NC(=S)N1CCN(c2cccc(C(F)(F)F)c2)CC1. The number of nitrogens with zero attached hydrogens (tertiary/aromatic N) is 2. The molecule has 0 aliphatic carbocycles. The number of alkyl halides is 3. The fourth-order valence-corrected chi connectivity index (χ4v) is 3.38. The second-order valence-electron chi connectivity index (χ2n) is 6.38. The van der Waals surface area contributed by atoms with Crippen molar-refractivity contribution in [2.45, 2.75) is 13.1 Å². The minimum absolute atomic E-state index is 0.557. The van der Waals surface area contributed by atoms with Crippen molar-refractivity contribution < 1.29 is 17.9 Å². The molecule has 0 aromatic heterocycles. The molecular formula is C20H22F3N3OS. The molecule has 3 rings (SSSR count). The zero-order valence-corrected chi connectivity index (χ0v) is 16.3. The first-order valence-corrected chi connectivity index (χ1v) is 9.49. The molecule has 1 fully saturated rings. The van der Waals surface area contributed by atoms with Crippen molar-refractivity contribution in [3.8, 4) is 5.75 Å². The van der Waals surface area contributed by atoms with E-state index < -0.39 is 11.7 Å². The Kier molecular flexibility index (Phi) is 6.28. The molecule has 0 amide bonds. The lowest BCUT2D eigenvalue weighted by Gasteiger charge is -2.37. The molecule has 8 heteroatoms. The molecular weight excluding hydrogens is 387 g/mol. The van der Waals surface area contributed by atoms with Crippen molar-refractivity contribution >= 4 is 28.7 Å². The molecule has 0 bridgehead atoms. The van der Waals surface area contributed by atoms with Crippen LogP contribution in [0.25, 0.3) is 0 Å². The highest BCUT2D eigenvalue weighted by atomic mass is 32.1. The van der Waals surface area contributed by atoms with Gasteiger partial charge in [-0.05, 0) is 49.5 Å². The normalized spacial score (nSPS) is 14.7. The number of thiocarbonyl (C=S) groups is 1. The summed E-state index contributed by atoms with van der Waals surface area (Å²) in [6.45, 7) is 4.91. The summed E-state index contributed by atoms with van der Waals surface area (Å²) in [4.78, 5) is 3.96. The Hall–Kier alpha value is -2.48. The lowest BCUT2D eigenvalue weighted by atomic mass is 10.1. The largest absolute Gasteiger partial charge is 0.492 e. The smallest absolute Gasteiger partial charge is 0.416 e. The molecule has 0 atom stereocenters. The maximum absolute atomic E-state index is 12.9. The Balaban J connectivity index is 1.60. The van der Waals surface area contributed by atoms with Crippen molar-refractivity contribution in [1.82, 2.24) is 4.90 Å². The van der Waals surface area contributed by atoms with Gasteiger partial charge in [-0.15, -0.1) is 0 Å². The molecule has 28 heavy (non-hydrogen) atoms. The first-order valence-electron chi connectivity index (χ1n) is 9.08. The average molecular weight is 409 g/mol. The summed E-state index contributed by atoms with van der Waals surface area (Å²) in [5.74, 6) is 0.731. The van der Waals surface area contributed by atoms with E-state index in [0.717, 1.165) is 17.5 Å².